The van der Waals surface area contributed by atoms with Crippen molar-refractivity contribution in [3.63, 3.8) is 0 Å². The summed E-state index contributed by atoms with van der Waals surface area (Å²) in [5.74, 6) is 0. The first kappa shape index (κ1) is 16.0. The predicted octanol–water partition coefficient (Wildman–Crippen LogP) is 2.23. The topological polar surface area (TPSA) is 82.1 Å². The summed E-state index contributed by atoms with van der Waals surface area (Å²) < 4.78 is 65.9. The van der Waals surface area contributed by atoms with E-state index in [4.69, 9.17) is 5.26 Å². The van der Waals surface area contributed by atoms with Crippen molar-refractivity contribution in [3.8, 4) is 0 Å². The Morgan fingerprint density at radius 3 is 2.17 bits per heavy atom. The van der Waals surface area contributed by atoms with Gasteiger partial charge in [0.2, 0.25) is 0 Å². The SMILES string of the molecule is O=S(=O)(OC1CCC(SOOO)CC1)C(F)(F)F. The molecule has 11 heteroatoms. The molecule has 0 radical (unpaired) electrons. The molecule has 1 N–H and O–H groups in total. The average molecular weight is 312 g/mol. The molecule has 0 spiro atoms. The van der Waals surface area contributed by atoms with Crippen molar-refractivity contribution in [2.75, 3.05) is 0 Å². The van der Waals surface area contributed by atoms with Crippen molar-refractivity contribution < 1.29 is 40.4 Å². The summed E-state index contributed by atoms with van der Waals surface area (Å²) in [6, 6.07) is 0. The van der Waals surface area contributed by atoms with Crippen molar-refractivity contribution in [1.29, 1.82) is 0 Å². The second kappa shape index (κ2) is 6.39. The van der Waals surface area contributed by atoms with Crippen LogP contribution in [0.25, 0.3) is 0 Å². The summed E-state index contributed by atoms with van der Waals surface area (Å²) in [6.07, 6.45) is 0.116. The zero-order chi connectivity index (χ0) is 13.8. The summed E-state index contributed by atoms with van der Waals surface area (Å²) in [6.45, 7) is 0. The highest BCUT2D eigenvalue weighted by molar-refractivity contribution is 7.95. The van der Waals surface area contributed by atoms with Crippen LogP contribution in [0.3, 0.4) is 0 Å². The monoisotopic (exact) mass is 312 g/mol. The van der Waals surface area contributed by atoms with Crippen LogP contribution < -0.4 is 0 Å². The van der Waals surface area contributed by atoms with Crippen molar-refractivity contribution in [3.05, 3.63) is 0 Å². The predicted molar refractivity (Wildman–Crippen MR) is 54.5 cm³/mol. The number of alkyl halides is 3. The van der Waals surface area contributed by atoms with E-state index in [1.54, 1.807) is 0 Å². The molecule has 0 unspecified atom stereocenters. The highest BCUT2D eigenvalue weighted by Crippen LogP contribution is 2.33. The van der Waals surface area contributed by atoms with Gasteiger partial charge in [0.25, 0.3) is 0 Å². The normalized spacial score (nSPS) is 26.2. The third-order valence-electron chi connectivity index (χ3n) is 2.37. The van der Waals surface area contributed by atoms with Gasteiger partial charge in [-0.2, -0.15) is 21.6 Å². The molecule has 0 aromatic rings. The maximum absolute atomic E-state index is 12.1. The van der Waals surface area contributed by atoms with E-state index in [-0.39, 0.29) is 18.1 Å². The van der Waals surface area contributed by atoms with Gasteiger partial charge in [0.1, 0.15) is 0 Å². The quantitative estimate of drug-likeness (QED) is 0.274. The van der Waals surface area contributed by atoms with E-state index in [0.717, 1.165) is 12.0 Å². The van der Waals surface area contributed by atoms with Crippen LogP contribution in [0.2, 0.25) is 0 Å². The van der Waals surface area contributed by atoms with Gasteiger partial charge in [-0.05, 0) is 25.7 Å². The number of hydrogen-bond acceptors (Lipinski definition) is 7. The molecule has 1 aliphatic carbocycles. The molecule has 18 heavy (non-hydrogen) atoms. The van der Waals surface area contributed by atoms with Crippen LogP contribution in [0.5, 0.6) is 0 Å². The molecule has 1 rings (SSSR count). The molecule has 6 nitrogen and oxygen atoms in total. The van der Waals surface area contributed by atoms with Crippen LogP contribution in [-0.4, -0.2) is 30.5 Å². The molecule has 0 saturated heterocycles. The second-order valence-corrected chi connectivity index (χ2v) is 6.19. The molecule has 0 aromatic carbocycles. The first-order chi connectivity index (χ1) is 8.26. The smallest absolute Gasteiger partial charge is 0.260 e. The molecular weight excluding hydrogens is 301 g/mol. The fraction of sp³-hybridized carbons (Fsp3) is 1.00. The van der Waals surface area contributed by atoms with Gasteiger partial charge < -0.3 is 0 Å². The van der Waals surface area contributed by atoms with Crippen molar-refractivity contribution in [2.45, 2.75) is 42.5 Å². The Bertz CT molecular complexity index is 349. The van der Waals surface area contributed by atoms with Crippen molar-refractivity contribution >= 4 is 22.2 Å². The molecule has 1 saturated carbocycles. The molecule has 0 heterocycles. The lowest BCUT2D eigenvalue weighted by atomic mass is 9.97. The summed E-state index contributed by atoms with van der Waals surface area (Å²) in [5.41, 5.74) is -5.40. The minimum atomic E-state index is -5.53. The molecule has 0 bridgehead atoms. The van der Waals surface area contributed by atoms with Crippen LogP contribution >= 0.6 is 12.0 Å². The first-order valence-electron chi connectivity index (χ1n) is 4.89. The van der Waals surface area contributed by atoms with Gasteiger partial charge in [-0.1, -0.05) is 5.04 Å². The summed E-state index contributed by atoms with van der Waals surface area (Å²) in [4.78, 5) is 0. The van der Waals surface area contributed by atoms with Crippen molar-refractivity contribution in [1.82, 2.24) is 0 Å². The summed E-state index contributed by atoms with van der Waals surface area (Å²) >= 11 is 0.823. The Hall–Kier alpha value is -0.0700. The van der Waals surface area contributed by atoms with Gasteiger partial charge in [0.05, 0.1) is 6.10 Å². The molecular formula is C7H11F3O6S2. The average Bonchev–Trinajstić information content (AvgIpc) is 2.26. The molecule has 0 aromatic heterocycles. The van der Waals surface area contributed by atoms with Gasteiger partial charge in [-0.3, -0.25) is 4.18 Å². The maximum atomic E-state index is 12.1. The number of halogens is 3. The maximum Gasteiger partial charge on any atom is 0.523 e. The Kier molecular flexibility index (Phi) is 5.67. The van der Waals surface area contributed by atoms with E-state index in [1.165, 1.54) is 0 Å². The Labute approximate surface area is 106 Å². The minimum absolute atomic E-state index is 0.0920. The van der Waals surface area contributed by atoms with Gasteiger partial charge in [0, 0.05) is 17.3 Å². The zero-order valence-corrected chi connectivity index (χ0v) is 10.6. The van der Waals surface area contributed by atoms with E-state index in [2.05, 4.69) is 13.6 Å². The summed E-state index contributed by atoms with van der Waals surface area (Å²) in [5, 5.41) is 11.2. The van der Waals surface area contributed by atoms with Crippen LogP contribution in [0.1, 0.15) is 25.7 Å². The van der Waals surface area contributed by atoms with E-state index >= 15 is 0 Å². The van der Waals surface area contributed by atoms with E-state index < -0.39 is 21.7 Å². The largest absolute Gasteiger partial charge is 0.523 e. The number of rotatable bonds is 5. The third kappa shape index (κ3) is 4.55. The molecule has 0 aliphatic heterocycles. The third-order valence-corrected chi connectivity index (χ3v) is 4.35. The van der Waals surface area contributed by atoms with Gasteiger partial charge in [0.15, 0.2) is 0 Å². The van der Waals surface area contributed by atoms with E-state index in [9.17, 15) is 21.6 Å². The Morgan fingerprint density at radius 2 is 1.72 bits per heavy atom. The lowest BCUT2D eigenvalue weighted by Gasteiger charge is -2.26. The van der Waals surface area contributed by atoms with E-state index in [0.29, 0.717) is 12.8 Å². The van der Waals surface area contributed by atoms with Gasteiger partial charge in [-0.15, -0.1) is 4.33 Å². The lowest BCUT2D eigenvalue weighted by Crippen LogP contribution is -2.32. The summed E-state index contributed by atoms with van der Waals surface area (Å²) in [7, 11) is -5.53. The molecule has 108 valence electrons. The number of hydrogen-bond donors (Lipinski definition) is 1. The molecule has 0 atom stereocenters. The Balaban J connectivity index is 2.40. The highest BCUT2D eigenvalue weighted by atomic mass is 32.2. The van der Waals surface area contributed by atoms with Crippen LogP contribution in [0, 0.1) is 0 Å². The van der Waals surface area contributed by atoms with Gasteiger partial charge in [-0.25, -0.2) is 5.26 Å². The lowest BCUT2D eigenvalue weighted by molar-refractivity contribution is -0.432. The van der Waals surface area contributed by atoms with Crippen molar-refractivity contribution in [2.24, 2.45) is 0 Å². The van der Waals surface area contributed by atoms with Crippen LogP contribution in [0.4, 0.5) is 13.2 Å². The second-order valence-electron chi connectivity index (χ2n) is 3.63. The zero-order valence-electron chi connectivity index (χ0n) is 8.92. The standard InChI is InChI=1S/C7H11F3O6S2/c8-7(9,10)18(12,13)14-5-1-3-6(4-2-5)17-16-15-11/h5-6,11H,1-4H2. The van der Waals surface area contributed by atoms with Crippen LogP contribution in [0.15, 0.2) is 0 Å². The van der Waals surface area contributed by atoms with E-state index in [1.807, 2.05) is 0 Å². The van der Waals surface area contributed by atoms with Gasteiger partial charge >= 0.3 is 15.6 Å². The minimum Gasteiger partial charge on any atom is -0.260 e. The molecule has 0 amide bonds. The molecule has 1 fully saturated rings. The first-order valence-corrected chi connectivity index (χ1v) is 7.10. The highest BCUT2D eigenvalue weighted by Gasteiger charge is 2.48. The molecule has 1 aliphatic rings. The fourth-order valence-electron chi connectivity index (χ4n) is 1.53. The van der Waals surface area contributed by atoms with Crippen LogP contribution in [-0.2, 0) is 23.7 Å². The Morgan fingerprint density at radius 1 is 1.17 bits per heavy atom. The fourth-order valence-corrected chi connectivity index (χ4v) is 2.80.